The van der Waals surface area contributed by atoms with Crippen LogP contribution < -0.4 is 0 Å². The van der Waals surface area contributed by atoms with Gasteiger partial charge in [-0.25, -0.2) is 4.98 Å². The van der Waals surface area contributed by atoms with E-state index in [1.54, 1.807) is 17.5 Å². The Kier molecular flexibility index (Phi) is 2.33. The molecule has 0 saturated carbocycles. The Balaban J connectivity index is 2.46. The van der Waals surface area contributed by atoms with Crippen molar-refractivity contribution in [3.8, 4) is 10.6 Å². The van der Waals surface area contributed by atoms with Crippen LogP contribution in [-0.2, 0) is 0 Å². The third-order valence-electron chi connectivity index (χ3n) is 1.62. The highest BCUT2D eigenvalue weighted by Crippen LogP contribution is 2.26. The van der Waals surface area contributed by atoms with E-state index in [1.807, 2.05) is 19.3 Å². The van der Waals surface area contributed by atoms with Gasteiger partial charge < -0.3 is 0 Å². The van der Waals surface area contributed by atoms with Gasteiger partial charge in [-0.05, 0) is 18.6 Å². The molecule has 0 spiro atoms. The molecular formula is C9H8N2S2. The maximum atomic E-state index is 4.23. The second-order valence-electron chi connectivity index (χ2n) is 2.75. The standard InChI is InChI=1S/C9H8N2S2/c1-6-2-7(4-10-3-6)9-11-5-8(12)13-9/h2-5,12H,1H3. The first-order valence-corrected chi connectivity index (χ1v) is 5.09. The minimum atomic E-state index is 0.927. The average molecular weight is 208 g/mol. The summed E-state index contributed by atoms with van der Waals surface area (Å²) in [6, 6.07) is 2.07. The second-order valence-corrected chi connectivity index (χ2v) is 4.57. The van der Waals surface area contributed by atoms with Crippen LogP contribution in [0.3, 0.4) is 0 Å². The van der Waals surface area contributed by atoms with Crippen molar-refractivity contribution < 1.29 is 0 Å². The molecule has 0 aliphatic carbocycles. The van der Waals surface area contributed by atoms with Crippen molar-refractivity contribution in [2.75, 3.05) is 0 Å². The predicted molar refractivity (Wildman–Crippen MR) is 57.3 cm³/mol. The molecule has 0 fully saturated rings. The molecule has 2 aromatic heterocycles. The van der Waals surface area contributed by atoms with E-state index in [4.69, 9.17) is 0 Å². The molecule has 2 heterocycles. The highest BCUT2D eigenvalue weighted by molar-refractivity contribution is 7.83. The summed E-state index contributed by atoms with van der Waals surface area (Å²) >= 11 is 5.78. The lowest BCUT2D eigenvalue weighted by Crippen LogP contribution is -1.80. The van der Waals surface area contributed by atoms with Crippen LogP contribution in [0.2, 0.25) is 0 Å². The predicted octanol–water partition coefficient (Wildman–Crippen LogP) is 2.80. The lowest BCUT2D eigenvalue weighted by atomic mass is 10.2. The van der Waals surface area contributed by atoms with Gasteiger partial charge in [0.1, 0.15) is 5.01 Å². The summed E-state index contributed by atoms with van der Waals surface area (Å²) in [4.78, 5) is 8.34. The van der Waals surface area contributed by atoms with Crippen LogP contribution in [0.4, 0.5) is 0 Å². The van der Waals surface area contributed by atoms with Gasteiger partial charge in [-0.2, -0.15) is 0 Å². The van der Waals surface area contributed by atoms with E-state index >= 15 is 0 Å². The molecule has 0 atom stereocenters. The largest absolute Gasteiger partial charge is 0.264 e. The van der Waals surface area contributed by atoms with Crippen molar-refractivity contribution in [2.45, 2.75) is 11.1 Å². The molecule has 0 unspecified atom stereocenters. The highest BCUT2D eigenvalue weighted by Gasteiger charge is 2.02. The summed E-state index contributed by atoms with van der Waals surface area (Å²) in [5.74, 6) is 0. The fourth-order valence-corrected chi connectivity index (χ4v) is 2.03. The zero-order valence-electron chi connectivity index (χ0n) is 7.06. The molecule has 4 heteroatoms. The van der Waals surface area contributed by atoms with Crippen LogP contribution in [0, 0.1) is 6.92 Å². The van der Waals surface area contributed by atoms with E-state index in [-0.39, 0.29) is 0 Å². The second kappa shape index (κ2) is 3.47. The van der Waals surface area contributed by atoms with Crippen molar-refractivity contribution in [3.05, 3.63) is 30.2 Å². The lowest BCUT2D eigenvalue weighted by Gasteiger charge is -1.95. The third-order valence-corrected chi connectivity index (χ3v) is 2.85. The van der Waals surface area contributed by atoms with Crippen molar-refractivity contribution in [1.29, 1.82) is 0 Å². The Morgan fingerprint density at radius 1 is 1.31 bits per heavy atom. The van der Waals surface area contributed by atoms with Gasteiger partial charge in [0.25, 0.3) is 0 Å². The van der Waals surface area contributed by atoms with Crippen LogP contribution in [0.5, 0.6) is 0 Å². The zero-order chi connectivity index (χ0) is 9.26. The first-order chi connectivity index (χ1) is 6.25. The summed E-state index contributed by atoms with van der Waals surface area (Å²) in [5.41, 5.74) is 2.21. The molecule has 13 heavy (non-hydrogen) atoms. The van der Waals surface area contributed by atoms with E-state index in [0.717, 1.165) is 20.3 Å². The molecule has 0 saturated heterocycles. The van der Waals surface area contributed by atoms with Gasteiger partial charge in [-0.1, -0.05) is 0 Å². The van der Waals surface area contributed by atoms with Gasteiger partial charge >= 0.3 is 0 Å². The minimum Gasteiger partial charge on any atom is -0.264 e. The van der Waals surface area contributed by atoms with E-state index in [0.29, 0.717) is 0 Å². The topological polar surface area (TPSA) is 25.8 Å². The molecule has 0 bridgehead atoms. The quantitative estimate of drug-likeness (QED) is 0.729. The Hall–Kier alpha value is -0.870. The first kappa shape index (κ1) is 8.72. The van der Waals surface area contributed by atoms with Crippen LogP contribution in [0.25, 0.3) is 10.6 Å². The molecule has 0 aliphatic heterocycles. The maximum Gasteiger partial charge on any atom is 0.125 e. The van der Waals surface area contributed by atoms with Gasteiger partial charge in [-0.3, -0.25) is 4.98 Å². The summed E-state index contributed by atoms with van der Waals surface area (Å²) in [6.45, 7) is 2.02. The molecule has 2 rings (SSSR count). The van der Waals surface area contributed by atoms with Crippen LogP contribution in [0.15, 0.2) is 28.9 Å². The normalized spacial score (nSPS) is 10.3. The number of hydrogen-bond acceptors (Lipinski definition) is 4. The van der Waals surface area contributed by atoms with Gasteiger partial charge in [0.2, 0.25) is 0 Å². The fourth-order valence-electron chi connectivity index (χ4n) is 1.07. The number of aryl methyl sites for hydroxylation is 1. The molecule has 0 radical (unpaired) electrons. The first-order valence-electron chi connectivity index (χ1n) is 3.82. The van der Waals surface area contributed by atoms with Crippen molar-refractivity contribution in [3.63, 3.8) is 0 Å². The fraction of sp³-hybridized carbons (Fsp3) is 0.111. The number of thiazole rings is 1. The van der Waals surface area contributed by atoms with E-state index in [9.17, 15) is 0 Å². The maximum absolute atomic E-state index is 4.23. The lowest BCUT2D eigenvalue weighted by molar-refractivity contribution is 1.26. The number of pyridine rings is 1. The molecular weight excluding hydrogens is 200 g/mol. The molecule has 0 amide bonds. The number of aromatic nitrogens is 2. The number of hydrogen-bond donors (Lipinski definition) is 1. The molecule has 2 aromatic rings. The summed E-state index contributed by atoms with van der Waals surface area (Å²) in [5, 5.41) is 0.973. The Morgan fingerprint density at radius 2 is 2.15 bits per heavy atom. The smallest absolute Gasteiger partial charge is 0.125 e. The summed E-state index contributed by atoms with van der Waals surface area (Å²) in [6.07, 6.45) is 5.41. The molecule has 66 valence electrons. The molecule has 0 aromatic carbocycles. The Bertz CT molecular complexity index is 423. The molecule has 0 aliphatic rings. The monoisotopic (exact) mass is 208 g/mol. The van der Waals surface area contributed by atoms with Crippen LogP contribution >= 0.6 is 24.0 Å². The van der Waals surface area contributed by atoms with Crippen molar-refractivity contribution in [1.82, 2.24) is 9.97 Å². The van der Waals surface area contributed by atoms with Crippen LogP contribution in [-0.4, -0.2) is 9.97 Å². The number of nitrogens with zero attached hydrogens (tertiary/aromatic N) is 2. The summed E-state index contributed by atoms with van der Waals surface area (Å²) in [7, 11) is 0. The van der Waals surface area contributed by atoms with E-state index in [2.05, 4.69) is 28.7 Å². The Morgan fingerprint density at radius 3 is 2.77 bits per heavy atom. The third kappa shape index (κ3) is 1.89. The number of rotatable bonds is 1. The van der Waals surface area contributed by atoms with Gasteiger partial charge in [0, 0.05) is 18.0 Å². The average Bonchev–Trinajstić information content (AvgIpc) is 2.52. The van der Waals surface area contributed by atoms with Gasteiger partial charge in [0.05, 0.1) is 10.4 Å². The number of thiol groups is 1. The van der Waals surface area contributed by atoms with Crippen LogP contribution in [0.1, 0.15) is 5.56 Å². The Labute approximate surface area is 86.1 Å². The SMILES string of the molecule is Cc1cncc(-c2ncc(S)s2)c1. The molecule has 2 nitrogen and oxygen atoms in total. The van der Waals surface area contributed by atoms with Crippen molar-refractivity contribution in [2.24, 2.45) is 0 Å². The highest BCUT2D eigenvalue weighted by atomic mass is 32.2. The van der Waals surface area contributed by atoms with E-state index < -0.39 is 0 Å². The van der Waals surface area contributed by atoms with Crippen molar-refractivity contribution >= 4 is 24.0 Å². The zero-order valence-corrected chi connectivity index (χ0v) is 8.77. The summed E-state index contributed by atoms with van der Waals surface area (Å²) < 4.78 is 0.927. The van der Waals surface area contributed by atoms with E-state index in [1.165, 1.54) is 0 Å². The minimum absolute atomic E-state index is 0.927. The van der Waals surface area contributed by atoms with Gasteiger partial charge in [-0.15, -0.1) is 24.0 Å². The molecule has 0 N–H and O–H groups in total. The van der Waals surface area contributed by atoms with Gasteiger partial charge in [0.15, 0.2) is 0 Å².